The minimum absolute atomic E-state index is 0.0940. The quantitative estimate of drug-likeness (QED) is 0.663. The van der Waals surface area contributed by atoms with E-state index in [0.29, 0.717) is 44.2 Å². The van der Waals surface area contributed by atoms with Crippen LogP contribution in [0.25, 0.3) is 0 Å². The number of ether oxygens (including phenoxy) is 1. The van der Waals surface area contributed by atoms with Crippen molar-refractivity contribution in [2.45, 2.75) is 39.7 Å². The van der Waals surface area contributed by atoms with Crippen molar-refractivity contribution in [1.29, 1.82) is 0 Å². The number of hydrogen-bond acceptors (Lipinski definition) is 5. The van der Waals surface area contributed by atoms with Crippen LogP contribution in [0.2, 0.25) is 0 Å². The summed E-state index contributed by atoms with van der Waals surface area (Å²) in [5.41, 5.74) is 1.28. The highest BCUT2D eigenvalue weighted by Crippen LogP contribution is 2.22. The average molecular weight is 414 g/mol. The normalized spacial score (nSPS) is 16.4. The first-order valence-electron chi connectivity index (χ1n) is 10.6. The molecule has 1 saturated heterocycles. The van der Waals surface area contributed by atoms with Crippen LogP contribution >= 0.6 is 0 Å². The van der Waals surface area contributed by atoms with Gasteiger partial charge >= 0.3 is 0 Å². The molecule has 8 nitrogen and oxygen atoms in total. The number of rotatable bonds is 8. The van der Waals surface area contributed by atoms with E-state index in [4.69, 9.17) is 4.74 Å². The Kier molecular flexibility index (Phi) is 7.43. The van der Waals surface area contributed by atoms with E-state index >= 15 is 0 Å². The van der Waals surface area contributed by atoms with E-state index in [-0.39, 0.29) is 11.8 Å². The first-order chi connectivity index (χ1) is 14.5. The van der Waals surface area contributed by atoms with Gasteiger partial charge in [0, 0.05) is 38.3 Å². The van der Waals surface area contributed by atoms with Crippen molar-refractivity contribution >= 4 is 11.8 Å². The van der Waals surface area contributed by atoms with Crippen LogP contribution < -0.4 is 4.74 Å². The van der Waals surface area contributed by atoms with Crippen LogP contribution in [0.5, 0.6) is 5.75 Å². The lowest BCUT2D eigenvalue weighted by molar-refractivity contribution is -0.132. The van der Waals surface area contributed by atoms with E-state index in [9.17, 15) is 9.59 Å². The van der Waals surface area contributed by atoms with E-state index in [2.05, 4.69) is 10.3 Å². The third-order valence-electron chi connectivity index (χ3n) is 5.66. The van der Waals surface area contributed by atoms with E-state index in [1.165, 1.54) is 0 Å². The molecule has 2 heterocycles. The molecular weight excluding hydrogens is 382 g/mol. The summed E-state index contributed by atoms with van der Waals surface area (Å²) in [5, 5.41) is 8.20. The molecule has 2 amide bonds. The van der Waals surface area contributed by atoms with Gasteiger partial charge in [-0.2, -0.15) is 0 Å². The molecule has 3 rings (SSSR count). The van der Waals surface area contributed by atoms with Gasteiger partial charge in [0.15, 0.2) is 5.69 Å². The third-order valence-corrected chi connectivity index (χ3v) is 5.66. The molecule has 1 aromatic heterocycles. The topological polar surface area (TPSA) is 80.6 Å². The second-order valence-electron chi connectivity index (χ2n) is 7.64. The number of benzene rings is 1. The summed E-state index contributed by atoms with van der Waals surface area (Å²) in [7, 11) is 1.62. The summed E-state index contributed by atoms with van der Waals surface area (Å²) in [6, 6.07) is 7.64. The van der Waals surface area contributed by atoms with Crippen molar-refractivity contribution in [3.63, 3.8) is 0 Å². The van der Waals surface area contributed by atoms with Gasteiger partial charge in [0.2, 0.25) is 5.91 Å². The Morgan fingerprint density at radius 2 is 2.00 bits per heavy atom. The van der Waals surface area contributed by atoms with Crippen LogP contribution in [0.4, 0.5) is 0 Å². The van der Waals surface area contributed by atoms with Gasteiger partial charge in [-0.3, -0.25) is 14.3 Å². The number of piperidine rings is 1. The van der Waals surface area contributed by atoms with Gasteiger partial charge in [-0.25, -0.2) is 0 Å². The lowest BCUT2D eigenvalue weighted by Crippen LogP contribution is -2.41. The van der Waals surface area contributed by atoms with Gasteiger partial charge in [-0.1, -0.05) is 23.4 Å². The van der Waals surface area contributed by atoms with Gasteiger partial charge in [0.1, 0.15) is 5.75 Å². The van der Waals surface area contributed by atoms with Gasteiger partial charge < -0.3 is 14.5 Å². The molecule has 162 valence electrons. The van der Waals surface area contributed by atoms with Gasteiger partial charge in [-0.05, 0) is 38.7 Å². The fourth-order valence-corrected chi connectivity index (χ4v) is 3.99. The van der Waals surface area contributed by atoms with Crippen molar-refractivity contribution < 1.29 is 14.3 Å². The smallest absolute Gasteiger partial charge is 0.276 e. The molecule has 1 atom stereocenters. The second kappa shape index (κ2) is 10.2. The molecule has 1 aliphatic rings. The predicted molar refractivity (Wildman–Crippen MR) is 113 cm³/mol. The summed E-state index contributed by atoms with van der Waals surface area (Å²) in [4.78, 5) is 28.9. The van der Waals surface area contributed by atoms with Crippen LogP contribution in [0, 0.1) is 5.92 Å². The highest BCUT2D eigenvalue weighted by atomic mass is 16.5. The molecule has 1 fully saturated rings. The first-order valence-corrected chi connectivity index (χ1v) is 10.6. The number of likely N-dealkylation sites (tertiary alicyclic amines) is 1. The standard InChI is InChI=1S/C22H31N5O3/c1-4-25(5-2)22(29)19-16-27(24-23-19)15-17-9-8-12-26(14-17)21(28)13-18-10-6-7-11-20(18)30-3/h6-7,10-11,16-17H,4-5,8-9,12-15H2,1-3H3. The zero-order chi connectivity index (χ0) is 21.5. The summed E-state index contributed by atoms with van der Waals surface area (Å²) in [6.45, 7) is 7.30. The minimum atomic E-state index is -0.0940. The molecule has 1 aromatic carbocycles. The molecule has 30 heavy (non-hydrogen) atoms. The summed E-state index contributed by atoms with van der Waals surface area (Å²) in [6.07, 6.45) is 4.04. The molecular formula is C22H31N5O3. The second-order valence-corrected chi connectivity index (χ2v) is 7.64. The summed E-state index contributed by atoms with van der Waals surface area (Å²) < 4.78 is 7.10. The Morgan fingerprint density at radius 1 is 1.23 bits per heavy atom. The minimum Gasteiger partial charge on any atom is -0.496 e. The van der Waals surface area contributed by atoms with Crippen molar-refractivity contribution in [2.75, 3.05) is 33.3 Å². The fraction of sp³-hybridized carbons (Fsp3) is 0.545. The number of carbonyl (C=O) groups excluding carboxylic acids is 2. The average Bonchev–Trinajstić information content (AvgIpc) is 3.23. The van der Waals surface area contributed by atoms with E-state index in [0.717, 1.165) is 30.7 Å². The van der Waals surface area contributed by atoms with Crippen molar-refractivity contribution in [1.82, 2.24) is 24.8 Å². The molecule has 0 radical (unpaired) electrons. The van der Waals surface area contributed by atoms with E-state index in [1.807, 2.05) is 43.0 Å². The number of nitrogens with zero attached hydrogens (tertiary/aromatic N) is 5. The molecule has 0 N–H and O–H groups in total. The third kappa shape index (κ3) is 5.17. The maximum Gasteiger partial charge on any atom is 0.276 e. The molecule has 0 spiro atoms. The molecule has 2 aromatic rings. The molecule has 8 heteroatoms. The molecule has 0 bridgehead atoms. The van der Waals surface area contributed by atoms with Crippen molar-refractivity contribution in [3.8, 4) is 5.75 Å². The van der Waals surface area contributed by atoms with Crippen LogP contribution in [0.3, 0.4) is 0 Å². The van der Waals surface area contributed by atoms with Crippen LogP contribution in [0.15, 0.2) is 30.5 Å². The predicted octanol–water partition coefficient (Wildman–Crippen LogP) is 2.25. The van der Waals surface area contributed by atoms with Crippen molar-refractivity contribution in [3.05, 3.63) is 41.7 Å². The summed E-state index contributed by atoms with van der Waals surface area (Å²) in [5.74, 6) is 1.05. The lowest BCUT2D eigenvalue weighted by Gasteiger charge is -2.33. The highest BCUT2D eigenvalue weighted by molar-refractivity contribution is 5.91. The summed E-state index contributed by atoms with van der Waals surface area (Å²) >= 11 is 0. The Labute approximate surface area is 177 Å². The lowest BCUT2D eigenvalue weighted by atomic mass is 9.97. The van der Waals surface area contributed by atoms with E-state index in [1.54, 1.807) is 22.9 Å². The SMILES string of the molecule is CCN(CC)C(=O)c1cn(CC2CCCN(C(=O)Cc3ccccc3OC)C2)nn1. The maximum atomic E-state index is 12.9. The zero-order valence-corrected chi connectivity index (χ0v) is 18.1. The van der Waals surface area contributed by atoms with Gasteiger partial charge in [0.05, 0.1) is 19.7 Å². The van der Waals surface area contributed by atoms with E-state index < -0.39 is 0 Å². The molecule has 1 unspecified atom stereocenters. The molecule has 0 aliphatic carbocycles. The largest absolute Gasteiger partial charge is 0.496 e. The van der Waals surface area contributed by atoms with Crippen molar-refractivity contribution in [2.24, 2.45) is 5.92 Å². The number of amides is 2. The number of para-hydroxylation sites is 1. The van der Waals surface area contributed by atoms with Crippen LogP contribution in [0.1, 0.15) is 42.7 Å². The molecule has 0 saturated carbocycles. The fourth-order valence-electron chi connectivity index (χ4n) is 3.99. The Bertz CT molecular complexity index is 862. The van der Waals surface area contributed by atoms with Crippen LogP contribution in [-0.2, 0) is 17.8 Å². The monoisotopic (exact) mass is 413 g/mol. The maximum absolute atomic E-state index is 12.9. The Morgan fingerprint density at radius 3 is 2.73 bits per heavy atom. The number of hydrogen-bond donors (Lipinski definition) is 0. The van der Waals surface area contributed by atoms with Crippen LogP contribution in [-0.4, -0.2) is 69.9 Å². The Balaban J connectivity index is 1.59. The van der Waals surface area contributed by atoms with Gasteiger partial charge in [0.25, 0.3) is 5.91 Å². The van der Waals surface area contributed by atoms with Gasteiger partial charge in [-0.15, -0.1) is 5.10 Å². The first kappa shape index (κ1) is 21.8. The highest BCUT2D eigenvalue weighted by Gasteiger charge is 2.25. The zero-order valence-electron chi connectivity index (χ0n) is 18.1. The molecule has 1 aliphatic heterocycles. The number of carbonyl (C=O) groups is 2. The number of methoxy groups -OCH3 is 1. The Hall–Kier alpha value is -2.90. The number of aromatic nitrogens is 3.